The summed E-state index contributed by atoms with van der Waals surface area (Å²) in [6, 6.07) is 0.548. The number of imidazole rings is 1. The molecule has 0 radical (unpaired) electrons. The number of hydrogen-bond acceptors (Lipinski definition) is 3. The molecule has 1 unspecified atom stereocenters. The van der Waals surface area contributed by atoms with E-state index >= 15 is 0 Å². The monoisotopic (exact) mass is 213 g/mol. The van der Waals surface area contributed by atoms with Crippen LogP contribution in [0.3, 0.4) is 0 Å². The SMILES string of the molecule is CCn1ccnc1CNC(C)CSC. The summed E-state index contributed by atoms with van der Waals surface area (Å²) in [4.78, 5) is 4.31. The number of nitrogens with zero attached hydrogens (tertiary/aromatic N) is 2. The molecule has 0 aliphatic carbocycles. The fourth-order valence-electron chi connectivity index (χ4n) is 1.37. The maximum atomic E-state index is 4.31. The Kier molecular flexibility index (Phi) is 5.04. The van der Waals surface area contributed by atoms with Crippen molar-refractivity contribution in [2.24, 2.45) is 0 Å². The van der Waals surface area contributed by atoms with Crippen LogP contribution >= 0.6 is 11.8 Å². The molecule has 0 saturated heterocycles. The zero-order valence-corrected chi connectivity index (χ0v) is 9.97. The summed E-state index contributed by atoms with van der Waals surface area (Å²) in [7, 11) is 0. The molecular formula is C10H19N3S. The highest BCUT2D eigenvalue weighted by Crippen LogP contribution is 2.00. The molecule has 0 amide bonds. The Labute approximate surface area is 90.3 Å². The van der Waals surface area contributed by atoms with Crippen LogP contribution in [0.1, 0.15) is 19.7 Å². The lowest BCUT2D eigenvalue weighted by atomic mass is 10.4. The minimum atomic E-state index is 0.548. The summed E-state index contributed by atoms with van der Waals surface area (Å²) in [5.41, 5.74) is 0. The van der Waals surface area contributed by atoms with E-state index in [-0.39, 0.29) is 0 Å². The Morgan fingerprint density at radius 1 is 1.64 bits per heavy atom. The van der Waals surface area contributed by atoms with E-state index in [0.29, 0.717) is 6.04 Å². The number of rotatable bonds is 6. The van der Waals surface area contributed by atoms with Gasteiger partial charge in [-0.15, -0.1) is 0 Å². The highest BCUT2D eigenvalue weighted by Gasteiger charge is 2.03. The van der Waals surface area contributed by atoms with E-state index in [4.69, 9.17) is 0 Å². The molecule has 14 heavy (non-hydrogen) atoms. The van der Waals surface area contributed by atoms with Gasteiger partial charge in [0.1, 0.15) is 5.82 Å². The molecule has 0 aliphatic rings. The van der Waals surface area contributed by atoms with Gasteiger partial charge in [-0.05, 0) is 20.1 Å². The second-order valence-electron chi connectivity index (χ2n) is 3.37. The van der Waals surface area contributed by atoms with Crippen LogP contribution in [-0.2, 0) is 13.1 Å². The number of aromatic nitrogens is 2. The van der Waals surface area contributed by atoms with Gasteiger partial charge in [-0.2, -0.15) is 11.8 Å². The zero-order valence-electron chi connectivity index (χ0n) is 9.16. The standard InChI is InChI=1S/C10H19N3S/c1-4-13-6-5-11-10(13)7-12-9(2)8-14-3/h5-6,9,12H,4,7-8H2,1-3H3. The van der Waals surface area contributed by atoms with Gasteiger partial charge in [0, 0.05) is 30.7 Å². The number of thioether (sulfide) groups is 1. The molecule has 0 fully saturated rings. The van der Waals surface area contributed by atoms with Crippen LogP contribution in [0.5, 0.6) is 0 Å². The average Bonchev–Trinajstić information content (AvgIpc) is 2.62. The quantitative estimate of drug-likeness (QED) is 0.780. The number of aryl methyl sites for hydroxylation is 1. The van der Waals surface area contributed by atoms with Crippen LogP contribution in [0, 0.1) is 0 Å². The molecule has 0 saturated carbocycles. The second-order valence-corrected chi connectivity index (χ2v) is 4.28. The maximum absolute atomic E-state index is 4.31. The fraction of sp³-hybridized carbons (Fsp3) is 0.700. The summed E-state index contributed by atoms with van der Waals surface area (Å²) in [5.74, 6) is 2.27. The van der Waals surface area contributed by atoms with Crippen molar-refractivity contribution in [1.82, 2.24) is 14.9 Å². The largest absolute Gasteiger partial charge is 0.334 e. The first-order chi connectivity index (χ1) is 6.77. The molecule has 1 atom stereocenters. The van der Waals surface area contributed by atoms with E-state index in [1.54, 1.807) is 0 Å². The summed E-state index contributed by atoms with van der Waals surface area (Å²) in [6.07, 6.45) is 6.02. The summed E-state index contributed by atoms with van der Waals surface area (Å²) >= 11 is 1.87. The number of hydrogen-bond donors (Lipinski definition) is 1. The first kappa shape index (κ1) is 11.6. The fourth-order valence-corrected chi connectivity index (χ4v) is 1.99. The van der Waals surface area contributed by atoms with Gasteiger partial charge in [0.2, 0.25) is 0 Å². The third kappa shape index (κ3) is 3.35. The molecule has 3 nitrogen and oxygen atoms in total. The molecule has 1 rings (SSSR count). The van der Waals surface area contributed by atoms with Crippen molar-refractivity contribution in [2.45, 2.75) is 33.0 Å². The third-order valence-corrected chi connectivity index (χ3v) is 3.00. The lowest BCUT2D eigenvalue weighted by Crippen LogP contribution is -2.28. The zero-order chi connectivity index (χ0) is 10.4. The highest BCUT2D eigenvalue weighted by molar-refractivity contribution is 7.98. The lowest BCUT2D eigenvalue weighted by Gasteiger charge is -2.12. The van der Waals surface area contributed by atoms with Gasteiger partial charge in [-0.25, -0.2) is 4.98 Å². The minimum absolute atomic E-state index is 0.548. The van der Waals surface area contributed by atoms with E-state index in [0.717, 1.165) is 24.7 Å². The molecule has 1 N–H and O–H groups in total. The van der Waals surface area contributed by atoms with Gasteiger partial charge in [-0.1, -0.05) is 0 Å². The van der Waals surface area contributed by atoms with E-state index in [1.165, 1.54) is 0 Å². The molecule has 0 spiro atoms. The van der Waals surface area contributed by atoms with E-state index in [2.05, 4.69) is 35.0 Å². The predicted molar refractivity (Wildman–Crippen MR) is 62.6 cm³/mol. The van der Waals surface area contributed by atoms with E-state index < -0.39 is 0 Å². The molecule has 4 heteroatoms. The first-order valence-corrected chi connectivity index (χ1v) is 6.39. The Balaban J connectivity index is 2.37. The third-order valence-electron chi connectivity index (χ3n) is 2.17. The van der Waals surface area contributed by atoms with Crippen LogP contribution in [-0.4, -0.2) is 27.6 Å². The van der Waals surface area contributed by atoms with Crippen LogP contribution < -0.4 is 5.32 Å². The van der Waals surface area contributed by atoms with Crippen molar-refractivity contribution in [2.75, 3.05) is 12.0 Å². The topological polar surface area (TPSA) is 29.9 Å². The maximum Gasteiger partial charge on any atom is 0.122 e. The smallest absolute Gasteiger partial charge is 0.122 e. The Hall–Kier alpha value is -0.480. The lowest BCUT2D eigenvalue weighted by molar-refractivity contribution is 0.556. The summed E-state index contributed by atoms with van der Waals surface area (Å²) in [5, 5.41) is 3.46. The molecule has 1 heterocycles. The van der Waals surface area contributed by atoms with Gasteiger partial charge in [-0.3, -0.25) is 0 Å². The molecule has 0 bridgehead atoms. The molecule has 0 aromatic carbocycles. The van der Waals surface area contributed by atoms with E-state index in [9.17, 15) is 0 Å². The second kappa shape index (κ2) is 6.09. The molecule has 80 valence electrons. The first-order valence-electron chi connectivity index (χ1n) is 5.00. The van der Waals surface area contributed by atoms with Crippen LogP contribution in [0.2, 0.25) is 0 Å². The molecular weight excluding hydrogens is 194 g/mol. The highest BCUT2D eigenvalue weighted by atomic mass is 32.2. The van der Waals surface area contributed by atoms with Crippen molar-refractivity contribution in [1.29, 1.82) is 0 Å². The predicted octanol–water partition coefficient (Wildman–Crippen LogP) is 1.74. The molecule has 1 aromatic heterocycles. The Bertz CT molecular complexity index is 260. The van der Waals surface area contributed by atoms with Crippen molar-refractivity contribution < 1.29 is 0 Å². The van der Waals surface area contributed by atoms with Crippen molar-refractivity contribution >= 4 is 11.8 Å². The van der Waals surface area contributed by atoms with Gasteiger partial charge < -0.3 is 9.88 Å². The van der Waals surface area contributed by atoms with Crippen LogP contribution in [0.4, 0.5) is 0 Å². The van der Waals surface area contributed by atoms with Crippen molar-refractivity contribution in [3.05, 3.63) is 18.2 Å². The molecule has 0 aliphatic heterocycles. The van der Waals surface area contributed by atoms with Gasteiger partial charge in [0.15, 0.2) is 0 Å². The average molecular weight is 213 g/mol. The van der Waals surface area contributed by atoms with E-state index in [1.807, 2.05) is 24.2 Å². The summed E-state index contributed by atoms with van der Waals surface area (Å²) in [6.45, 7) is 6.20. The van der Waals surface area contributed by atoms with Crippen LogP contribution in [0.15, 0.2) is 12.4 Å². The Morgan fingerprint density at radius 2 is 2.43 bits per heavy atom. The molecule has 1 aromatic rings. The van der Waals surface area contributed by atoms with Crippen molar-refractivity contribution in [3.8, 4) is 0 Å². The normalized spacial score (nSPS) is 13.1. The van der Waals surface area contributed by atoms with Crippen LogP contribution in [0.25, 0.3) is 0 Å². The minimum Gasteiger partial charge on any atom is -0.334 e. The van der Waals surface area contributed by atoms with Gasteiger partial charge in [0.05, 0.1) is 6.54 Å². The number of nitrogens with one attached hydrogen (secondary N) is 1. The van der Waals surface area contributed by atoms with Gasteiger partial charge in [0.25, 0.3) is 0 Å². The van der Waals surface area contributed by atoms with Crippen molar-refractivity contribution in [3.63, 3.8) is 0 Å². The summed E-state index contributed by atoms with van der Waals surface area (Å²) < 4.78 is 2.17. The Morgan fingerprint density at radius 3 is 3.07 bits per heavy atom. The van der Waals surface area contributed by atoms with Gasteiger partial charge >= 0.3 is 0 Å².